The molecule has 0 bridgehead atoms. The minimum Gasteiger partial charge on any atom is -0.481 e. The van der Waals surface area contributed by atoms with Crippen molar-refractivity contribution in [3.8, 4) is 0 Å². The SMILES string of the molecule is O=C(O)C1(Cc2cc(Br)ccc2F)CCc2ccccc21. The molecular formula is C17H14BrFO2. The molecule has 1 aliphatic rings. The van der Waals surface area contributed by atoms with Crippen LogP contribution < -0.4 is 0 Å². The van der Waals surface area contributed by atoms with Crippen molar-refractivity contribution >= 4 is 21.9 Å². The van der Waals surface area contributed by atoms with E-state index in [1.165, 1.54) is 6.07 Å². The highest BCUT2D eigenvalue weighted by molar-refractivity contribution is 9.10. The molecule has 0 fully saturated rings. The molecule has 0 saturated carbocycles. The maximum absolute atomic E-state index is 14.0. The predicted octanol–water partition coefficient (Wildman–Crippen LogP) is 4.10. The highest BCUT2D eigenvalue weighted by Gasteiger charge is 2.45. The number of aliphatic carboxylic acids is 1. The molecule has 1 atom stereocenters. The number of carboxylic acid groups (broad SMARTS) is 1. The molecule has 1 N–H and O–H groups in total. The molecule has 0 heterocycles. The third-order valence-electron chi connectivity index (χ3n) is 4.26. The summed E-state index contributed by atoms with van der Waals surface area (Å²) < 4.78 is 14.8. The minimum atomic E-state index is -1.03. The van der Waals surface area contributed by atoms with E-state index in [1.54, 1.807) is 12.1 Å². The van der Waals surface area contributed by atoms with Gasteiger partial charge in [0.15, 0.2) is 0 Å². The Hall–Kier alpha value is -1.68. The molecule has 0 radical (unpaired) electrons. The van der Waals surface area contributed by atoms with Crippen molar-refractivity contribution in [3.05, 3.63) is 69.4 Å². The first-order valence-electron chi connectivity index (χ1n) is 6.79. The van der Waals surface area contributed by atoms with Gasteiger partial charge in [-0.3, -0.25) is 4.79 Å². The van der Waals surface area contributed by atoms with Gasteiger partial charge in [0.05, 0.1) is 5.41 Å². The smallest absolute Gasteiger partial charge is 0.314 e. The Morgan fingerprint density at radius 1 is 1.29 bits per heavy atom. The van der Waals surface area contributed by atoms with Gasteiger partial charge in [0.25, 0.3) is 0 Å². The third kappa shape index (κ3) is 2.38. The van der Waals surface area contributed by atoms with Crippen molar-refractivity contribution in [2.75, 3.05) is 0 Å². The molecule has 108 valence electrons. The first kappa shape index (κ1) is 14.3. The van der Waals surface area contributed by atoms with Crippen LogP contribution in [0.5, 0.6) is 0 Å². The first-order chi connectivity index (χ1) is 10.0. The molecule has 2 nitrogen and oxygen atoms in total. The van der Waals surface area contributed by atoms with Gasteiger partial charge in [0.2, 0.25) is 0 Å². The Labute approximate surface area is 130 Å². The average molecular weight is 349 g/mol. The summed E-state index contributed by atoms with van der Waals surface area (Å²) >= 11 is 3.32. The van der Waals surface area contributed by atoms with Gasteiger partial charge >= 0.3 is 5.97 Å². The number of hydrogen-bond acceptors (Lipinski definition) is 1. The van der Waals surface area contributed by atoms with Crippen LogP contribution in [0.4, 0.5) is 4.39 Å². The molecule has 2 aromatic carbocycles. The van der Waals surface area contributed by atoms with Gasteiger partial charge in [0.1, 0.15) is 5.82 Å². The molecule has 3 rings (SSSR count). The van der Waals surface area contributed by atoms with Crippen LogP contribution in [0.25, 0.3) is 0 Å². The second-order valence-corrected chi connectivity index (χ2v) is 6.37. The van der Waals surface area contributed by atoms with Crippen molar-refractivity contribution in [2.45, 2.75) is 24.7 Å². The zero-order valence-electron chi connectivity index (χ0n) is 11.3. The fourth-order valence-electron chi connectivity index (χ4n) is 3.17. The summed E-state index contributed by atoms with van der Waals surface area (Å²) in [5.41, 5.74) is 1.27. The van der Waals surface area contributed by atoms with E-state index in [2.05, 4.69) is 15.9 Å². The quantitative estimate of drug-likeness (QED) is 0.906. The van der Waals surface area contributed by atoms with Gasteiger partial charge in [-0.15, -0.1) is 0 Å². The molecule has 0 spiro atoms. The standard InChI is InChI=1S/C17H14BrFO2/c18-13-5-6-15(19)12(9-13)10-17(16(20)21)8-7-11-3-1-2-4-14(11)17/h1-6,9H,7-8,10H2,(H,20,21). The van der Waals surface area contributed by atoms with Crippen molar-refractivity contribution in [2.24, 2.45) is 0 Å². The highest BCUT2D eigenvalue weighted by Crippen LogP contribution is 2.42. The molecule has 0 saturated heterocycles. The van der Waals surface area contributed by atoms with Gasteiger partial charge in [-0.2, -0.15) is 0 Å². The van der Waals surface area contributed by atoms with E-state index in [-0.39, 0.29) is 12.2 Å². The van der Waals surface area contributed by atoms with Gasteiger partial charge < -0.3 is 5.11 Å². The third-order valence-corrected chi connectivity index (χ3v) is 4.76. The number of rotatable bonds is 3. The van der Waals surface area contributed by atoms with Crippen LogP contribution >= 0.6 is 15.9 Å². The minimum absolute atomic E-state index is 0.171. The lowest BCUT2D eigenvalue weighted by molar-refractivity contribution is -0.143. The van der Waals surface area contributed by atoms with Crippen molar-refractivity contribution < 1.29 is 14.3 Å². The number of hydrogen-bond donors (Lipinski definition) is 1. The van der Waals surface area contributed by atoms with Crippen LogP contribution in [-0.2, 0) is 23.1 Å². The molecule has 2 aromatic rings. The molecule has 1 aliphatic carbocycles. The van der Waals surface area contributed by atoms with Gasteiger partial charge in [0, 0.05) is 4.47 Å². The van der Waals surface area contributed by atoms with E-state index >= 15 is 0 Å². The molecule has 21 heavy (non-hydrogen) atoms. The lowest BCUT2D eigenvalue weighted by Gasteiger charge is -2.26. The summed E-state index contributed by atoms with van der Waals surface area (Å²) in [6.45, 7) is 0. The zero-order chi connectivity index (χ0) is 15.0. The summed E-state index contributed by atoms with van der Waals surface area (Å²) in [4.78, 5) is 12.0. The number of carboxylic acids is 1. The van der Waals surface area contributed by atoms with Crippen molar-refractivity contribution in [1.29, 1.82) is 0 Å². The molecule has 4 heteroatoms. The van der Waals surface area contributed by atoms with Gasteiger partial charge in [-0.05, 0) is 54.2 Å². The van der Waals surface area contributed by atoms with E-state index in [9.17, 15) is 14.3 Å². The van der Waals surface area contributed by atoms with Crippen LogP contribution in [0.2, 0.25) is 0 Å². The largest absolute Gasteiger partial charge is 0.481 e. The fraction of sp³-hybridized carbons (Fsp3) is 0.235. The zero-order valence-corrected chi connectivity index (χ0v) is 12.9. The molecule has 0 aliphatic heterocycles. The monoisotopic (exact) mass is 348 g/mol. The fourth-order valence-corrected chi connectivity index (χ4v) is 3.58. The topological polar surface area (TPSA) is 37.3 Å². The van der Waals surface area contributed by atoms with Crippen LogP contribution in [-0.4, -0.2) is 11.1 Å². The number of benzene rings is 2. The van der Waals surface area contributed by atoms with Crippen LogP contribution in [0, 0.1) is 5.82 Å². The normalized spacial score (nSPS) is 20.3. The Morgan fingerprint density at radius 3 is 2.81 bits per heavy atom. The maximum atomic E-state index is 14.0. The number of fused-ring (bicyclic) bond motifs is 1. The molecule has 0 amide bonds. The number of halogens is 2. The summed E-state index contributed by atoms with van der Waals surface area (Å²) in [5, 5.41) is 9.80. The van der Waals surface area contributed by atoms with E-state index in [0.29, 0.717) is 12.0 Å². The second kappa shape index (κ2) is 5.26. The lowest BCUT2D eigenvalue weighted by atomic mass is 9.76. The number of aryl methyl sites for hydroxylation is 1. The predicted molar refractivity (Wildman–Crippen MR) is 81.9 cm³/mol. The van der Waals surface area contributed by atoms with Gasteiger partial charge in [-0.1, -0.05) is 40.2 Å². The average Bonchev–Trinajstić information content (AvgIpc) is 2.83. The second-order valence-electron chi connectivity index (χ2n) is 5.46. The van der Waals surface area contributed by atoms with Gasteiger partial charge in [-0.25, -0.2) is 4.39 Å². The van der Waals surface area contributed by atoms with Crippen LogP contribution in [0.3, 0.4) is 0 Å². The lowest BCUT2D eigenvalue weighted by Crippen LogP contribution is -2.36. The van der Waals surface area contributed by atoms with Crippen molar-refractivity contribution in [1.82, 2.24) is 0 Å². The highest BCUT2D eigenvalue weighted by atomic mass is 79.9. The molecule has 0 aromatic heterocycles. The van der Waals surface area contributed by atoms with E-state index in [4.69, 9.17) is 0 Å². The summed E-state index contributed by atoms with van der Waals surface area (Å²) in [7, 11) is 0. The Bertz CT molecular complexity index is 714. The Morgan fingerprint density at radius 2 is 2.05 bits per heavy atom. The van der Waals surface area contributed by atoms with E-state index < -0.39 is 11.4 Å². The summed E-state index contributed by atoms with van der Waals surface area (Å²) in [6.07, 6.45) is 1.40. The van der Waals surface area contributed by atoms with Crippen LogP contribution in [0.15, 0.2) is 46.9 Å². The number of carbonyl (C=O) groups is 1. The molecular weight excluding hydrogens is 335 g/mol. The Balaban J connectivity index is 2.09. The van der Waals surface area contributed by atoms with Crippen molar-refractivity contribution in [3.63, 3.8) is 0 Å². The molecule has 1 unspecified atom stereocenters. The Kier molecular flexibility index (Phi) is 3.57. The summed E-state index contributed by atoms with van der Waals surface area (Å²) in [5.74, 6) is -1.24. The van der Waals surface area contributed by atoms with E-state index in [1.807, 2.05) is 24.3 Å². The van der Waals surface area contributed by atoms with E-state index in [0.717, 1.165) is 22.0 Å². The maximum Gasteiger partial charge on any atom is 0.314 e. The van der Waals surface area contributed by atoms with Crippen LogP contribution in [0.1, 0.15) is 23.1 Å². The summed E-state index contributed by atoms with van der Waals surface area (Å²) in [6, 6.07) is 12.2. The first-order valence-corrected chi connectivity index (χ1v) is 7.58.